The lowest BCUT2D eigenvalue weighted by molar-refractivity contribution is 0.115. The van der Waals surface area contributed by atoms with Gasteiger partial charge >= 0.3 is 0 Å². The molecular formula is C13H24NO2S. The molecule has 1 saturated carbocycles. The van der Waals surface area contributed by atoms with Gasteiger partial charge in [-0.1, -0.05) is 0 Å². The van der Waals surface area contributed by atoms with E-state index in [2.05, 4.69) is 6.42 Å². The van der Waals surface area contributed by atoms with Crippen molar-refractivity contribution in [1.29, 1.82) is 0 Å². The summed E-state index contributed by atoms with van der Waals surface area (Å²) in [7, 11) is -3.03. The number of piperidine rings is 1. The van der Waals surface area contributed by atoms with Crippen LogP contribution in [0.5, 0.6) is 0 Å². The second-order valence-electron chi connectivity index (χ2n) is 5.86. The van der Waals surface area contributed by atoms with Gasteiger partial charge in [-0.05, 0) is 64.2 Å². The number of hydrogen-bond donors (Lipinski definition) is 0. The molecule has 1 radical (unpaired) electrons. The second kappa shape index (κ2) is 4.88. The Morgan fingerprint density at radius 2 is 1.59 bits per heavy atom. The van der Waals surface area contributed by atoms with Crippen molar-refractivity contribution in [3.8, 4) is 0 Å². The van der Waals surface area contributed by atoms with Crippen molar-refractivity contribution < 1.29 is 8.42 Å². The zero-order chi connectivity index (χ0) is 12.5. The van der Waals surface area contributed by atoms with Crippen LogP contribution in [0.3, 0.4) is 0 Å². The first-order valence-corrected chi connectivity index (χ1v) is 8.27. The third kappa shape index (κ3) is 2.68. The van der Waals surface area contributed by atoms with Crippen LogP contribution in [0.4, 0.5) is 0 Å². The van der Waals surface area contributed by atoms with Crippen molar-refractivity contribution in [3.05, 3.63) is 6.42 Å². The lowest BCUT2D eigenvalue weighted by Crippen LogP contribution is -2.46. The normalized spacial score (nSPS) is 26.5. The molecule has 2 rings (SSSR count). The summed E-state index contributed by atoms with van der Waals surface area (Å²) in [6.45, 7) is 5.02. The molecular weight excluding hydrogens is 234 g/mol. The van der Waals surface area contributed by atoms with Gasteiger partial charge in [-0.25, -0.2) is 12.7 Å². The first-order chi connectivity index (χ1) is 7.96. The van der Waals surface area contributed by atoms with Crippen LogP contribution in [0.2, 0.25) is 0 Å². The van der Waals surface area contributed by atoms with Crippen LogP contribution in [0.15, 0.2) is 0 Å². The third-order valence-electron chi connectivity index (χ3n) is 4.50. The highest BCUT2D eigenvalue weighted by Gasteiger charge is 2.39. The van der Waals surface area contributed by atoms with Crippen molar-refractivity contribution in [2.75, 3.05) is 13.1 Å². The minimum Gasteiger partial charge on any atom is -0.212 e. The maximum absolute atomic E-state index is 12.1. The second-order valence-corrected chi connectivity index (χ2v) is 8.35. The summed E-state index contributed by atoms with van der Waals surface area (Å²) in [5, 5.41) is -0.281. The number of sulfonamides is 1. The molecule has 1 spiro atoms. The molecule has 1 heterocycles. The van der Waals surface area contributed by atoms with Crippen LogP contribution in [0, 0.1) is 11.8 Å². The van der Waals surface area contributed by atoms with Gasteiger partial charge in [-0.2, -0.15) is 0 Å². The van der Waals surface area contributed by atoms with E-state index in [0.717, 1.165) is 25.9 Å². The predicted molar refractivity (Wildman–Crippen MR) is 70.1 cm³/mol. The molecule has 2 fully saturated rings. The van der Waals surface area contributed by atoms with E-state index in [9.17, 15) is 8.42 Å². The van der Waals surface area contributed by atoms with Gasteiger partial charge in [0.2, 0.25) is 10.0 Å². The van der Waals surface area contributed by atoms with Gasteiger partial charge in [0.15, 0.2) is 0 Å². The summed E-state index contributed by atoms with van der Waals surface area (Å²) in [5.74, 6) is 0. The highest BCUT2D eigenvalue weighted by atomic mass is 32.2. The van der Waals surface area contributed by atoms with Crippen molar-refractivity contribution in [2.45, 2.75) is 57.6 Å². The van der Waals surface area contributed by atoms with Crippen molar-refractivity contribution in [1.82, 2.24) is 4.31 Å². The molecule has 0 amide bonds. The average Bonchev–Trinajstić information content (AvgIpc) is 2.30. The smallest absolute Gasteiger partial charge is 0.212 e. The van der Waals surface area contributed by atoms with Crippen molar-refractivity contribution >= 4 is 10.0 Å². The van der Waals surface area contributed by atoms with E-state index in [1.807, 2.05) is 0 Å². The van der Waals surface area contributed by atoms with Gasteiger partial charge in [0.05, 0.1) is 5.25 Å². The summed E-state index contributed by atoms with van der Waals surface area (Å²) in [4.78, 5) is 0. The zero-order valence-electron chi connectivity index (χ0n) is 11.0. The molecule has 0 bridgehead atoms. The summed E-state index contributed by atoms with van der Waals surface area (Å²) in [6.07, 6.45) is 9.47. The van der Waals surface area contributed by atoms with E-state index in [-0.39, 0.29) is 5.25 Å². The number of nitrogens with zero attached hydrogens (tertiary/aromatic N) is 1. The van der Waals surface area contributed by atoms with Gasteiger partial charge in [-0.15, -0.1) is 0 Å². The van der Waals surface area contributed by atoms with Gasteiger partial charge in [-0.3, -0.25) is 0 Å². The van der Waals surface area contributed by atoms with Crippen molar-refractivity contribution in [2.24, 2.45) is 5.41 Å². The van der Waals surface area contributed by atoms with Gasteiger partial charge in [0, 0.05) is 13.1 Å². The number of rotatable bonds is 2. The van der Waals surface area contributed by atoms with E-state index < -0.39 is 10.0 Å². The third-order valence-corrected chi connectivity index (χ3v) is 6.77. The van der Waals surface area contributed by atoms with E-state index in [4.69, 9.17) is 0 Å². The molecule has 17 heavy (non-hydrogen) atoms. The largest absolute Gasteiger partial charge is 0.216 e. The quantitative estimate of drug-likeness (QED) is 0.763. The molecule has 0 aromatic heterocycles. The molecule has 0 N–H and O–H groups in total. The minimum absolute atomic E-state index is 0.281. The molecule has 0 atom stereocenters. The minimum atomic E-state index is -3.03. The fourth-order valence-corrected chi connectivity index (χ4v) is 4.39. The van der Waals surface area contributed by atoms with Crippen molar-refractivity contribution in [3.63, 3.8) is 0 Å². The summed E-state index contributed by atoms with van der Waals surface area (Å²) < 4.78 is 25.9. The Balaban J connectivity index is 1.98. The molecule has 0 aromatic rings. The molecule has 0 aromatic carbocycles. The van der Waals surface area contributed by atoms with Gasteiger partial charge in [0.1, 0.15) is 0 Å². The maximum Gasteiger partial charge on any atom is 0.216 e. The Morgan fingerprint density at radius 1 is 1.06 bits per heavy atom. The van der Waals surface area contributed by atoms with Gasteiger partial charge in [0.25, 0.3) is 0 Å². The average molecular weight is 258 g/mol. The molecule has 99 valence electrons. The van der Waals surface area contributed by atoms with E-state index in [1.165, 1.54) is 25.7 Å². The number of hydrogen-bond acceptors (Lipinski definition) is 2. The zero-order valence-corrected chi connectivity index (χ0v) is 11.8. The fraction of sp³-hybridized carbons (Fsp3) is 0.923. The molecule has 4 heteroatoms. The summed E-state index contributed by atoms with van der Waals surface area (Å²) in [5.41, 5.74) is 0.456. The highest BCUT2D eigenvalue weighted by molar-refractivity contribution is 7.89. The Labute approximate surface area is 106 Å². The van der Waals surface area contributed by atoms with Crippen LogP contribution in [0.1, 0.15) is 52.4 Å². The fourth-order valence-electron chi connectivity index (χ4n) is 3.10. The van der Waals surface area contributed by atoms with Gasteiger partial charge < -0.3 is 0 Å². The van der Waals surface area contributed by atoms with Crippen LogP contribution in [0.25, 0.3) is 0 Å². The molecule has 1 aliphatic heterocycles. The van der Waals surface area contributed by atoms with E-state index >= 15 is 0 Å². The Morgan fingerprint density at radius 3 is 2.06 bits per heavy atom. The SMILES string of the molecule is CC(C)S(=O)(=O)N1CCC2(CC[CH]CC2)CC1. The van der Waals surface area contributed by atoms with Crippen LogP contribution >= 0.6 is 0 Å². The molecule has 1 aliphatic carbocycles. The highest BCUT2D eigenvalue weighted by Crippen LogP contribution is 2.44. The van der Waals surface area contributed by atoms with E-state index in [0.29, 0.717) is 5.41 Å². The lowest BCUT2D eigenvalue weighted by Gasteiger charge is -2.44. The Hall–Kier alpha value is -0.0900. The van der Waals surface area contributed by atoms with Crippen LogP contribution in [-0.2, 0) is 10.0 Å². The van der Waals surface area contributed by atoms with Crippen LogP contribution in [-0.4, -0.2) is 31.1 Å². The molecule has 1 saturated heterocycles. The summed E-state index contributed by atoms with van der Waals surface area (Å²) in [6, 6.07) is 0. The Kier molecular flexibility index (Phi) is 3.83. The maximum atomic E-state index is 12.1. The Bertz CT molecular complexity index is 346. The lowest BCUT2D eigenvalue weighted by atomic mass is 9.68. The topological polar surface area (TPSA) is 37.4 Å². The first-order valence-electron chi connectivity index (χ1n) is 6.77. The summed E-state index contributed by atoms with van der Waals surface area (Å²) >= 11 is 0. The molecule has 3 nitrogen and oxygen atoms in total. The predicted octanol–water partition coefficient (Wildman–Crippen LogP) is 2.59. The molecule has 2 aliphatic rings. The first kappa shape index (κ1) is 13.3. The standard InChI is InChI=1S/C13H24NO2S/c1-12(2)17(15,16)14-10-8-13(9-11-14)6-4-3-5-7-13/h3,12H,4-11H2,1-2H3. The van der Waals surface area contributed by atoms with Crippen LogP contribution < -0.4 is 0 Å². The monoisotopic (exact) mass is 258 g/mol. The molecule has 0 unspecified atom stereocenters. The van der Waals surface area contributed by atoms with E-state index in [1.54, 1.807) is 18.2 Å².